The second-order valence-corrected chi connectivity index (χ2v) is 9.77. The van der Waals surface area contributed by atoms with Crippen LogP contribution in [0.1, 0.15) is 34.1 Å². The number of anilines is 1. The highest BCUT2D eigenvalue weighted by Gasteiger charge is 2.28. The lowest BCUT2D eigenvalue weighted by Gasteiger charge is -2.14. The highest BCUT2D eigenvalue weighted by molar-refractivity contribution is 8.00. The molecule has 0 bridgehead atoms. The molecular weight excluding hydrogens is 448 g/mol. The number of nitrogens with two attached hydrogens (primary N) is 1. The number of amides is 2. The summed E-state index contributed by atoms with van der Waals surface area (Å²) < 4.78 is 7.17. The van der Waals surface area contributed by atoms with E-state index in [1.807, 2.05) is 16.7 Å². The molecule has 2 amide bonds. The molecule has 0 saturated carbocycles. The van der Waals surface area contributed by atoms with E-state index < -0.39 is 11.2 Å². The lowest BCUT2D eigenvalue weighted by atomic mass is 10.1. The fourth-order valence-electron chi connectivity index (χ4n) is 3.65. The van der Waals surface area contributed by atoms with Gasteiger partial charge in [-0.25, -0.2) is 0 Å². The van der Waals surface area contributed by atoms with Crippen LogP contribution in [-0.4, -0.2) is 50.5 Å². The number of carbonyl (C=O) groups is 2. The van der Waals surface area contributed by atoms with Gasteiger partial charge in [0.05, 0.1) is 24.0 Å². The number of aromatic nitrogens is 4. The van der Waals surface area contributed by atoms with E-state index in [-0.39, 0.29) is 5.91 Å². The zero-order valence-corrected chi connectivity index (χ0v) is 19.5. The third-order valence-electron chi connectivity index (χ3n) is 5.23. The molecule has 0 aromatic carbocycles. The van der Waals surface area contributed by atoms with Crippen LogP contribution in [-0.2, 0) is 28.9 Å². The topological polar surface area (TPSA) is 125 Å². The molecule has 3 heterocycles. The molecular formula is C21H24N6O3S2. The van der Waals surface area contributed by atoms with Gasteiger partial charge in [0.1, 0.15) is 5.00 Å². The predicted molar refractivity (Wildman–Crippen MR) is 124 cm³/mol. The number of nitrogens with one attached hydrogen (secondary N) is 1. The Hall–Kier alpha value is -2.76. The van der Waals surface area contributed by atoms with Gasteiger partial charge in [-0.2, -0.15) is 0 Å². The number of pyridine rings is 1. The van der Waals surface area contributed by atoms with Gasteiger partial charge in [0.15, 0.2) is 11.0 Å². The summed E-state index contributed by atoms with van der Waals surface area (Å²) in [5.74, 6) is -0.0317. The van der Waals surface area contributed by atoms with Gasteiger partial charge in [-0.1, -0.05) is 11.8 Å². The molecule has 0 unspecified atom stereocenters. The number of rotatable bonds is 9. The van der Waals surface area contributed by atoms with E-state index in [0.29, 0.717) is 34.7 Å². The van der Waals surface area contributed by atoms with Gasteiger partial charge in [-0.15, -0.1) is 21.5 Å². The number of carbonyl (C=O) groups excluding carboxylic acids is 2. The largest absolute Gasteiger partial charge is 0.383 e. The number of primary amides is 1. The number of thioether (sulfide) groups is 1. The smallest absolute Gasteiger partial charge is 0.251 e. The molecule has 0 saturated heterocycles. The van der Waals surface area contributed by atoms with Crippen LogP contribution in [0.3, 0.4) is 0 Å². The Morgan fingerprint density at radius 2 is 2.09 bits per heavy atom. The average molecular weight is 473 g/mol. The second kappa shape index (κ2) is 9.80. The van der Waals surface area contributed by atoms with Crippen molar-refractivity contribution in [1.29, 1.82) is 0 Å². The van der Waals surface area contributed by atoms with Gasteiger partial charge in [0.2, 0.25) is 5.91 Å². The van der Waals surface area contributed by atoms with Crippen LogP contribution in [0.2, 0.25) is 0 Å². The van der Waals surface area contributed by atoms with Crippen molar-refractivity contribution >= 4 is 39.9 Å². The van der Waals surface area contributed by atoms with Crippen molar-refractivity contribution in [3.05, 3.63) is 40.5 Å². The zero-order chi connectivity index (χ0) is 22.7. The van der Waals surface area contributed by atoms with Crippen molar-refractivity contribution < 1.29 is 14.3 Å². The van der Waals surface area contributed by atoms with Gasteiger partial charge in [0, 0.05) is 29.9 Å². The number of methoxy groups -OCH3 is 1. The van der Waals surface area contributed by atoms with Crippen LogP contribution in [0.5, 0.6) is 0 Å². The van der Waals surface area contributed by atoms with E-state index >= 15 is 0 Å². The number of aryl methyl sites for hydroxylation is 1. The summed E-state index contributed by atoms with van der Waals surface area (Å²) in [5, 5.41) is 12.2. The Balaban J connectivity index is 1.53. The molecule has 3 aromatic rings. The zero-order valence-electron chi connectivity index (χ0n) is 17.8. The summed E-state index contributed by atoms with van der Waals surface area (Å²) in [7, 11) is 1.63. The number of nitrogens with zero attached hydrogens (tertiary/aromatic N) is 4. The van der Waals surface area contributed by atoms with E-state index in [9.17, 15) is 9.59 Å². The van der Waals surface area contributed by atoms with Crippen LogP contribution >= 0.6 is 23.1 Å². The third-order valence-corrected chi connectivity index (χ3v) is 7.52. The molecule has 0 fully saturated rings. The van der Waals surface area contributed by atoms with Crippen LogP contribution in [0.15, 0.2) is 29.7 Å². The normalized spacial score (nSPS) is 13.7. The standard InChI is InChI=1S/C21H24N6O3S2/c1-12(19(29)24-20-16(17(22)28)14-4-3-5-15(14)32-20)31-21-26-25-18(27(21)10-11-30-2)13-6-8-23-9-7-13/h6-9,12H,3-5,10-11H2,1-2H3,(H2,22,28)(H,24,29)/t12-/m0/s1. The SMILES string of the molecule is COCCn1c(S[C@@H](C)C(=O)Nc2sc3c(c2C(N)=O)CCC3)nnc1-c1ccncc1. The lowest BCUT2D eigenvalue weighted by molar-refractivity contribution is -0.115. The molecule has 0 radical (unpaired) electrons. The average Bonchev–Trinajstić information content (AvgIpc) is 3.47. The maximum atomic E-state index is 13.0. The summed E-state index contributed by atoms with van der Waals surface area (Å²) in [6.07, 6.45) is 6.15. The summed E-state index contributed by atoms with van der Waals surface area (Å²) in [6, 6.07) is 3.72. The van der Waals surface area contributed by atoms with Crippen molar-refractivity contribution in [3.8, 4) is 11.4 Å². The number of hydrogen-bond acceptors (Lipinski definition) is 8. The molecule has 0 spiro atoms. The Labute approximate surface area is 193 Å². The molecule has 1 atom stereocenters. The maximum absolute atomic E-state index is 13.0. The van der Waals surface area contributed by atoms with Crippen LogP contribution < -0.4 is 11.1 Å². The van der Waals surface area contributed by atoms with E-state index in [4.69, 9.17) is 10.5 Å². The van der Waals surface area contributed by atoms with Crippen molar-refractivity contribution in [2.24, 2.45) is 5.73 Å². The molecule has 1 aliphatic carbocycles. The van der Waals surface area contributed by atoms with E-state index in [0.717, 1.165) is 35.3 Å². The Kier molecular flexibility index (Phi) is 6.87. The molecule has 0 aliphatic heterocycles. The minimum atomic E-state index is -0.499. The number of fused-ring (bicyclic) bond motifs is 1. The Bertz CT molecular complexity index is 1130. The molecule has 3 aromatic heterocycles. The first-order valence-electron chi connectivity index (χ1n) is 10.2. The van der Waals surface area contributed by atoms with Crippen molar-refractivity contribution in [1.82, 2.24) is 19.7 Å². The molecule has 3 N–H and O–H groups in total. The highest BCUT2D eigenvalue weighted by Crippen LogP contribution is 2.39. The maximum Gasteiger partial charge on any atom is 0.251 e. The van der Waals surface area contributed by atoms with Crippen molar-refractivity contribution in [3.63, 3.8) is 0 Å². The highest BCUT2D eigenvalue weighted by atomic mass is 32.2. The quantitative estimate of drug-likeness (QED) is 0.459. The first kappa shape index (κ1) is 22.4. The molecule has 9 nitrogen and oxygen atoms in total. The van der Waals surface area contributed by atoms with Crippen molar-refractivity contribution in [2.45, 2.75) is 43.1 Å². The van der Waals surface area contributed by atoms with E-state index in [1.165, 1.54) is 23.1 Å². The van der Waals surface area contributed by atoms with Gasteiger partial charge in [0.25, 0.3) is 5.91 Å². The first-order chi connectivity index (χ1) is 15.5. The van der Waals surface area contributed by atoms with Gasteiger partial charge in [-0.05, 0) is 43.9 Å². The number of ether oxygens (including phenoxy) is 1. The molecule has 1 aliphatic rings. The van der Waals surface area contributed by atoms with E-state index in [2.05, 4.69) is 20.5 Å². The second-order valence-electron chi connectivity index (χ2n) is 7.36. The minimum Gasteiger partial charge on any atom is -0.383 e. The summed E-state index contributed by atoms with van der Waals surface area (Å²) >= 11 is 2.75. The lowest BCUT2D eigenvalue weighted by Crippen LogP contribution is -2.24. The van der Waals surface area contributed by atoms with Crippen LogP contribution in [0.4, 0.5) is 5.00 Å². The predicted octanol–water partition coefficient (Wildman–Crippen LogP) is 2.75. The summed E-state index contributed by atoms with van der Waals surface area (Å²) in [5.41, 5.74) is 7.93. The first-order valence-corrected chi connectivity index (χ1v) is 11.9. The fourth-order valence-corrected chi connectivity index (χ4v) is 5.83. The van der Waals surface area contributed by atoms with Gasteiger partial charge >= 0.3 is 0 Å². The van der Waals surface area contributed by atoms with Crippen LogP contribution in [0, 0.1) is 0 Å². The van der Waals surface area contributed by atoms with Crippen molar-refractivity contribution in [2.75, 3.05) is 19.0 Å². The van der Waals surface area contributed by atoms with E-state index in [1.54, 1.807) is 26.4 Å². The number of hydrogen-bond donors (Lipinski definition) is 2. The Morgan fingerprint density at radius 3 is 2.81 bits per heavy atom. The number of thiophene rings is 1. The molecule has 32 heavy (non-hydrogen) atoms. The third kappa shape index (κ3) is 4.54. The fraction of sp³-hybridized carbons (Fsp3) is 0.381. The Morgan fingerprint density at radius 1 is 1.31 bits per heavy atom. The molecule has 168 valence electrons. The molecule has 4 rings (SSSR count). The molecule has 11 heteroatoms. The van der Waals surface area contributed by atoms with Gasteiger partial charge < -0.3 is 15.8 Å². The summed E-state index contributed by atoms with van der Waals surface area (Å²) in [4.78, 5) is 30.1. The minimum absolute atomic E-state index is 0.218. The monoisotopic (exact) mass is 472 g/mol. The summed E-state index contributed by atoms with van der Waals surface area (Å²) in [6.45, 7) is 2.82. The van der Waals surface area contributed by atoms with Crippen LogP contribution in [0.25, 0.3) is 11.4 Å². The van der Waals surface area contributed by atoms with Gasteiger partial charge in [-0.3, -0.25) is 19.1 Å².